The maximum absolute atomic E-state index is 14.9. The molecule has 0 spiro atoms. The molecule has 2 N–H and O–H groups in total. The summed E-state index contributed by atoms with van der Waals surface area (Å²) >= 11 is 0. The van der Waals surface area contributed by atoms with Crippen LogP contribution in [0.1, 0.15) is 97.6 Å². The van der Waals surface area contributed by atoms with Crippen LogP contribution in [0.5, 0.6) is 11.5 Å². The minimum atomic E-state index is -2.08. The molecule has 6 aliphatic rings. The van der Waals surface area contributed by atoms with E-state index >= 15 is 0 Å². The summed E-state index contributed by atoms with van der Waals surface area (Å²) in [7, 11) is 1.51. The van der Waals surface area contributed by atoms with Crippen LogP contribution >= 0.6 is 0 Å². The highest BCUT2D eigenvalue weighted by molar-refractivity contribution is 6.32. The number of phenolic OH excluding ortho intramolecular Hbond substituents is 1. The molecular weight excluding hydrogens is 901 g/mol. The van der Waals surface area contributed by atoms with E-state index in [4.69, 9.17) is 33.2 Å². The van der Waals surface area contributed by atoms with E-state index in [1.807, 2.05) is 82.5 Å². The van der Waals surface area contributed by atoms with Gasteiger partial charge in [0.25, 0.3) is 18.0 Å². The Hall–Kier alpha value is -6.40. The second-order valence-corrected chi connectivity index (χ2v) is 19.4. The fourth-order valence-electron chi connectivity index (χ4n) is 10.2. The number of fused-ring (bicyclic) bond motifs is 10. The first-order chi connectivity index (χ1) is 33.2. The molecule has 1 amide bonds. The van der Waals surface area contributed by atoms with Gasteiger partial charge in [-0.15, -0.1) is 4.57 Å². The Kier molecular flexibility index (Phi) is 14.1. The molecule has 3 aromatic rings. The first-order valence-corrected chi connectivity index (χ1v) is 23.8. The first-order valence-electron chi connectivity index (χ1n) is 23.8. The number of aromatic nitrogens is 2. The number of carbonyl (C=O) groups is 5. The normalized spacial score (nSPS) is 31.0. The van der Waals surface area contributed by atoms with Gasteiger partial charge in [-0.1, -0.05) is 76.3 Å². The molecule has 7 bridgehead atoms. The van der Waals surface area contributed by atoms with Crippen molar-refractivity contribution in [2.45, 2.75) is 105 Å². The zero-order chi connectivity index (χ0) is 50.4. The minimum absolute atomic E-state index is 0.0186. The Bertz CT molecular complexity index is 2700. The van der Waals surface area contributed by atoms with Crippen molar-refractivity contribution in [1.82, 2.24) is 14.8 Å². The third-order valence-corrected chi connectivity index (χ3v) is 14.1. The summed E-state index contributed by atoms with van der Waals surface area (Å²) in [6, 6.07) is 9.86. The van der Waals surface area contributed by atoms with Crippen LogP contribution < -0.4 is 14.6 Å². The van der Waals surface area contributed by atoms with Crippen molar-refractivity contribution in [3.63, 3.8) is 0 Å². The van der Waals surface area contributed by atoms with Gasteiger partial charge in [-0.2, -0.15) is 4.79 Å². The SMILES string of the molecule is CO[C@@H]1/C=C/O[C@@]2(C)Oc3c(C)c(O)c4c(c3C2=O)C(=O)C(N2CCOCC2)=C(NC(=O)/C(C)=C\C=C\[C@H](C)[C@@H]2OC(C)(C)O[C@@H]([C@H](C)[C@H](OC(=O)n3cc[n+](Cc5ccccc5)c3)[C@H]1C)[C@@H]2C)C4=O. The molecular formula is C53H63N4O13+. The van der Waals surface area contributed by atoms with Crippen LogP contribution in [0.3, 0.4) is 0 Å². The van der Waals surface area contributed by atoms with Crippen molar-refractivity contribution in [3.8, 4) is 11.5 Å². The number of hydrogen-bond acceptors (Lipinski definition) is 14. The number of nitrogens with one attached hydrogen (secondary N) is 1. The number of methoxy groups -OCH3 is 1. The smallest absolute Gasteiger partial charge is 0.507 e. The number of hydrogen-bond donors (Lipinski definition) is 2. The summed E-state index contributed by atoms with van der Waals surface area (Å²) in [5.74, 6) is -8.42. The highest BCUT2D eigenvalue weighted by Crippen LogP contribution is 2.49. The Balaban J connectivity index is 1.20. The summed E-state index contributed by atoms with van der Waals surface area (Å²) < 4.78 is 47.0. The average Bonchev–Trinajstić information content (AvgIpc) is 3.91. The summed E-state index contributed by atoms with van der Waals surface area (Å²) in [6.45, 7) is 17.4. The number of ketones is 3. The van der Waals surface area contributed by atoms with Crippen molar-refractivity contribution >= 4 is 29.4 Å². The molecule has 1 aliphatic carbocycles. The lowest BCUT2D eigenvalue weighted by Crippen LogP contribution is -2.56. The van der Waals surface area contributed by atoms with Crippen molar-refractivity contribution in [3.05, 3.63) is 124 Å². The average molecular weight is 964 g/mol. The van der Waals surface area contributed by atoms with Gasteiger partial charge in [0.1, 0.15) is 47.9 Å². The summed E-state index contributed by atoms with van der Waals surface area (Å²) in [6.07, 6.45) is 10.0. The molecule has 372 valence electrons. The van der Waals surface area contributed by atoms with E-state index in [0.717, 1.165) is 5.56 Å². The molecule has 0 saturated carbocycles. The van der Waals surface area contributed by atoms with Gasteiger partial charge < -0.3 is 48.5 Å². The van der Waals surface area contributed by atoms with Gasteiger partial charge in [0.15, 0.2) is 5.79 Å². The number of rotatable bonds is 5. The molecule has 0 unspecified atom stereocenters. The van der Waals surface area contributed by atoms with Crippen LogP contribution in [0, 0.1) is 30.6 Å². The van der Waals surface area contributed by atoms with E-state index in [2.05, 4.69) is 5.32 Å². The maximum atomic E-state index is 14.9. The Morgan fingerprint density at radius 3 is 2.30 bits per heavy atom. The summed E-state index contributed by atoms with van der Waals surface area (Å²) in [5.41, 5.74) is -0.209. The summed E-state index contributed by atoms with van der Waals surface area (Å²) in [4.78, 5) is 74.1. The van der Waals surface area contributed by atoms with Crippen LogP contribution in [0.25, 0.3) is 0 Å². The van der Waals surface area contributed by atoms with Crippen molar-refractivity contribution in [2.75, 3.05) is 33.4 Å². The zero-order valence-electron chi connectivity index (χ0n) is 41.3. The molecule has 2 saturated heterocycles. The van der Waals surface area contributed by atoms with Gasteiger partial charge in [-0.05, 0) is 39.3 Å². The largest absolute Gasteiger partial charge is 0.511 e. The van der Waals surface area contributed by atoms with Crippen molar-refractivity contribution in [1.29, 1.82) is 0 Å². The van der Waals surface area contributed by atoms with Crippen LogP contribution in [0.2, 0.25) is 0 Å². The molecule has 2 aromatic carbocycles. The zero-order valence-corrected chi connectivity index (χ0v) is 41.3. The standard InChI is InChI=1S/C53H62N4O13/c1-29-15-14-16-30(2)50(62)54-40-41(56-22-25-65-26-23-56)44(60)37-38(43(40)59)42(58)32(4)48-39(37)49(61)53(9,70-48)66-24-19-36(64-10)31(3)46(34(6)47-33(5)45(29)68-52(7,8)69-47)67-51(63)57-21-20-55(28-57)27-35-17-12-11-13-18-35/h11-21,24,28-29,31,33-34,36,45-47H,22-23,25-27H2,1-10H3,(H-,54,58,59,60,61,62)/p+1/b15-14+,24-19+,30-16-/t29-,31-,33+,34+,36+,45-,46+,47+,53-/m0/s1. The van der Waals surface area contributed by atoms with Gasteiger partial charge in [-0.3, -0.25) is 19.2 Å². The van der Waals surface area contributed by atoms with E-state index < -0.39 is 88.5 Å². The molecule has 70 heavy (non-hydrogen) atoms. The van der Waals surface area contributed by atoms with E-state index in [-0.39, 0.29) is 77.5 Å². The van der Waals surface area contributed by atoms with E-state index in [1.165, 1.54) is 31.8 Å². The van der Waals surface area contributed by atoms with Crippen molar-refractivity contribution in [2.24, 2.45) is 23.7 Å². The van der Waals surface area contributed by atoms with Gasteiger partial charge in [0, 0.05) is 61.9 Å². The fourth-order valence-corrected chi connectivity index (χ4v) is 10.2. The molecule has 0 radical (unpaired) electrons. The van der Waals surface area contributed by atoms with Gasteiger partial charge in [0.2, 0.25) is 11.6 Å². The predicted octanol–water partition coefficient (Wildman–Crippen LogP) is 6.35. The topological polar surface area (TPSA) is 194 Å². The van der Waals surface area contributed by atoms with Gasteiger partial charge in [-0.25, -0.2) is 4.57 Å². The molecule has 9 atom stereocenters. The molecule has 17 nitrogen and oxygen atoms in total. The second kappa shape index (κ2) is 19.8. The van der Waals surface area contributed by atoms with Crippen LogP contribution in [-0.4, -0.2) is 113 Å². The predicted molar refractivity (Wildman–Crippen MR) is 253 cm³/mol. The monoisotopic (exact) mass is 963 g/mol. The molecule has 1 aromatic heterocycles. The lowest BCUT2D eigenvalue weighted by Gasteiger charge is -2.50. The number of benzene rings is 2. The maximum Gasteiger partial charge on any atom is 0.511 e. The lowest BCUT2D eigenvalue weighted by atomic mass is 9.77. The highest BCUT2D eigenvalue weighted by Gasteiger charge is 2.54. The second-order valence-electron chi connectivity index (χ2n) is 19.4. The lowest BCUT2D eigenvalue weighted by molar-refractivity contribution is -0.687. The number of phenols is 1. The van der Waals surface area contributed by atoms with E-state index in [0.29, 0.717) is 6.54 Å². The number of imidazole rings is 1. The highest BCUT2D eigenvalue weighted by atomic mass is 16.7. The number of carbonyl (C=O) groups excluding carboxylic acids is 5. The third kappa shape index (κ3) is 9.46. The van der Waals surface area contributed by atoms with Gasteiger partial charge in [0.05, 0.1) is 54.5 Å². The molecule has 6 heterocycles. The quantitative estimate of drug-likeness (QED) is 0.269. The third-order valence-electron chi connectivity index (χ3n) is 14.1. The van der Waals surface area contributed by atoms with Gasteiger partial charge >= 0.3 is 11.9 Å². The molecule has 2 fully saturated rings. The van der Waals surface area contributed by atoms with Crippen LogP contribution in [0.4, 0.5) is 4.79 Å². The summed E-state index contributed by atoms with van der Waals surface area (Å²) in [5, 5.41) is 14.4. The Labute approximate surface area is 407 Å². The number of amides is 1. The fraction of sp³-hybridized carbons (Fsp3) is 0.472. The minimum Gasteiger partial charge on any atom is -0.507 e. The Morgan fingerprint density at radius 2 is 1.60 bits per heavy atom. The molecule has 9 rings (SSSR count). The number of aromatic hydroxyl groups is 1. The van der Waals surface area contributed by atoms with E-state index in [9.17, 15) is 29.1 Å². The number of ether oxygens (including phenoxy) is 7. The molecule has 5 aliphatic heterocycles. The Morgan fingerprint density at radius 1 is 0.900 bits per heavy atom. The number of allylic oxidation sites excluding steroid dienone is 4. The van der Waals surface area contributed by atoms with Crippen LogP contribution in [-0.2, 0) is 39.8 Å². The van der Waals surface area contributed by atoms with Crippen LogP contribution in [0.15, 0.2) is 96.6 Å². The van der Waals surface area contributed by atoms with E-state index in [1.54, 1.807) is 48.8 Å². The molecule has 17 heteroatoms. The first kappa shape index (κ1) is 50.0. The number of nitrogens with zero attached hydrogens (tertiary/aromatic N) is 3. The number of Topliss-reactive ketones (excluding diaryl/α,β-unsaturated/α-hetero) is 3. The number of morpholine rings is 1. The van der Waals surface area contributed by atoms with Crippen molar-refractivity contribution < 1.29 is 66.8 Å².